The Hall–Kier alpha value is -1.60. The minimum Gasteiger partial charge on any atom is -0.344 e. The van der Waals surface area contributed by atoms with Gasteiger partial charge in [-0.3, -0.25) is 4.79 Å². The molecule has 5 nitrogen and oxygen atoms in total. The maximum absolute atomic E-state index is 12.1. The molecule has 1 amide bonds. The molecular weight excluding hydrogens is 275 g/mol. The van der Waals surface area contributed by atoms with Crippen LogP contribution in [0, 0.1) is 0 Å². The lowest BCUT2D eigenvalue weighted by molar-refractivity contribution is -0.155. The van der Waals surface area contributed by atoms with E-state index >= 15 is 0 Å². The predicted molar refractivity (Wildman–Crippen MR) is 64.8 cm³/mol. The predicted octanol–water partition coefficient (Wildman–Crippen LogP) is 2.67. The van der Waals surface area contributed by atoms with Crippen LogP contribution in [0.4, 0.5) is 13.2 Å². The van der Waals surface area contributed by atoms with Gasteiger partial charge in [0.1, 0.15) is 6.42 Å². The first kappa shape index (κ1) is 16.5. The van der Waals surface area contributed by atoms with Crippen molar-refractivity contribution in [2.45, 2.75) is 58.2 Å². The average molecular weight is 293 g/mol. The Morgan fingerprint density at radius 1 is 1.20 bits per heavy atom. The van der Waals surface area contributed by atoms with Crippen molar-refractivity contribution in [1.29, 1.82) is 0 Å². The summed E-state index contributed by atoms with van der Waals surface area (Å²) in [5, 5.41) is 5.97. The molecule has 114 valence electrons. The van der Waals surface area contributed by atoms with Crippen LogP contribution in [0.5, 0.6) is 0 Å². The van der Waals surface area contributed by atoms with Crippen molar-refractivity contribution in [3.8, 4) is 0 Å². The second kappa shape index (κ2) is 5.06. The van der Waals surface area contributed by atoms with Crippen LogP contribution in [0.15, 0.2) is 4.52 Å². The number of hydrogen-bond acceptors (Lipinski definition) is 4. The fourth-order valence-electron chi connectivity index (χ4n) is 1.41. The van der Waals surface area contributed by atoms with Crippen LogP contribution in [0.2, 0.25) is 0 Å². The zero-order valence-electron chi connectivity index (χ0n) is 12.1. The second-order valence-electron chi connectivity index (χ2n) is 6.14. The van der Waals surface area contributed by atoms with Crippen LogP contribution in [0.3, 0.4) is 0 Å². The van der Waals surface area contributed by atoms with Crippen molar-refractivity contribution in [3.05, 3.63) is 11.7 Å². The van der Waals surface area contributed by atoms with Gasteiger partial charge in [0.25, 0.3) is 0 Å². The zero-order valence-corrected chi connectivity index (χ0v) is 12.1. The summed E-state index contributed by atoms with van der Waals surface area (Å²) in [6.45, 7) is 8.61. The molecule has 0 aliphatic rings. The summed E-state index contributed by atoms with van der Waals surface area (Å²) in [5.41, 5.74) is -1.52. The van der Waals surface area contributed by atoms with Crippen LogP contribution in [-0.4, -0.2) is 22.2 Å². The maximum Gasteiger partial charge on any atom is 0.397 e. The van der Waals surface area contributed by atoms with Crippen molar-refractivity contribution < 1.29 is 22.5 Å². The first-order chi connectivity index (χ1) is 8.81. The normalized spacial score (nSPS) is 13.4. The SMILES string of the molecule is CC(C)(C)c1nc(C(C)(C)NC(=O)CC(F)(F)F)no1. The van der Waals surface area contributed by atoms with Gasteiger partial charge in [-0.25, -0.2) is 0 Å². The molecule has 1 aromatic heterocycles. The third kappa shape index (κ3) is 4.50. The second-order valence-corrected chi connectivity index (χ2v) is 6.14. The highest BCUT2D eigenvalue weighted by Gasteiger charge is 2.36. The van der Waals surface area contributed by atoms with E-state index in [2.05, 4.69) is 15.5 Å². The minimum absolute atomic E-state index is 0.137. The maximum atomic E-state index is 12.1. The molecule has 0 atom stereocenters. The fourth-order valence-corrected chi connectivity index (χ4v) is 1.41. The molecule has 20 heavy (non-hydrogen) atoms. The number of halogens is 3. The van der Waals surface area contributed by atoms with E-state index in [0.717, 1.165) is 0 Å². The number of amides is 1. The Morgan fingerprint density at radius 3 is 2.15 bits per heavy atom. The summed E-state index contributed by atoms with van der Waals surface area (Å²) in [5.74, 6) is -0.645. The van der Waals surface area contributed by atoms with E-state index in [1.165, 1.54) is 13.8 Å². The third-order valence-corrected chi connectivity index (χ3v) is 2.44. The molecular formula is C12H18F3N3O2. The zero-order chi connectivity index (χ0) is 15.8. The summed E-state index contributed by atoms with van der Waals surface area (Å²) in [6.07, 6.45) is -6.09. The van der Waals surface area contributed by atoms with Gasteiger partial charge in [-0.1, -0.05) is 25.9 Å². The standard InChI is InChI=1S/C12H18F3N3O2/c1-10(2,3)9-16-8(18-20-9)11(4,5)17-7(19)6-12(13,14)15/h6H2,1-5H3,(H,17,19). The number of alkyl halides is 3. The van der Waals surface area contributed by atoms with Gasteiger partial charge in [0.15, 0.2) is 5.82 Å². The van der Waals surface area contributed by atoms with Crippen molar-refractivity contribution in [3.63, 3.8) is 0 Å². The molecule has 8 heteroatoms. The quantitative estimate of drug-likeness (QED) is 0.930. The van der Waals surface area contributed by atoms with Gasteiger partial charge in [-0.05, 0) is 13.8 Å². The molecule has 1 N–H and O–H groups in total. The van der Waals surface area contributed by atoms with Crippen LogP contribution in [0.25, 0.3) is 0 Å². The number of nitrogens with one attached hydrogen (secondary N) is 1. The molecule has 0 saturated heterocycles. The molecule has 0 aliphatic carbocycles. The van der Waals surface area contributed by atoms with E-state index in [4.69, 9.17) is 4.52 Å². The molecule has 1 aromatic rings. The van der Waals surface area contributed by atoms with Gasteiger partial charge in [-0.2, -0.15) is 18.2 Å². The van der Waals surface area contributed by atoms with E-state index in [0.29, 0.717) is 5.89 Å². The highest BCUT2D eigenvalue weighted by molar-refractivity contribution is 5.77. The van der Waals surface area contributed by atoms with Crippen molar-refractivity contribution in [1.82, 2.24) is 15.5 Å². The van der Waals surface area contributed by atoms with E-state index in [-0.39, 0.29) is 11.2 Å². The molecule has 1 rings (SSSR count). The summed E-state index contributed by atoms with van der Waals surface area (Å²) in [4.78, 5) is 15.5. The van der Waals surface area contributed by atoms with E-state index in [1.807, 2.05) is 20.8 Å². The lowest BCUT2D eigenvalue weighted by atomic mass is 9.97. The Morgan fingerprint density at radius 2 is 1.75 bits per heavy atom. The average Bonchev–Trinajstić information content (AvgIpc) is 2.60. The number of hydrogen-bond donors (Lipinski definition) is 1. The van der Waals surface area contributed by atoms with Gasteiger partial charge in [0.05, 0.1) is 5.54 Å². The topological polar surface area (TPSA) is 68.0 Å². The molecule has 0 aromatic carbocycles. The summed E-state index contributed by atoms with van der Waals surface area (Å²) < 4.78 is 41.5. The lowest BCUT2D eigenvalue weighted by Gasteiger charge is -2.22. The highest BCUT2D eigenvalue weighted by atomic mass is 19.4. The monoisotopic (exact) mass is 293 g/mol. The number of carbonyl (C=O) groups is 1. The molecule has 0 fully saturated rings. The van der Waals surface area contributed by atoms with Crippen LogP contribution < -0.4 is 5.32 Å². The van der Waals surface area contributed by atoms with Gasteiger partial charge < -0.3 is 9.84 Å². The van der Waals surface area contributed by atoms with Crippen molar-refractivity contribution >= 4 is 5.91 Å². The van der Waals surface area contributed by atoms with E-state index < -0.39 is 24.0 Å². The Kier molecular flexibility index (Phi) is 4.17. The summed E-state index contributed by atoms with van der Waals surface area (Å²) in [7, 11) is 0. The minimum atomic E-state index is -4.55. The molecule has 0 bridgehead atoms. The largest absolute Gasteiger partial charge is 0.397 e. The summed E-state index contributed by atoms with van der Waals surface area (Å²) in [6, 6.07) is 0. The number of nitrogens with zero attached hydrogens (tertiary/aromatic N) is 2. The number of rotatable bonds is 3. The molecule has 0 aliphatic heterocycles. The van der Waals surface area contributed by atoms with Crippen LogP contribution in [0.1, 0.15) is 52.8 Å². The summed E-state index contributed by atoms with van der Waals surface area (Å²) >= 11 is 0. The van der Waals surface area contributed by atoms with Gasteiger partial charge >= 0.3 is 6.18 Å². The Bertz CT molecular complexity index is 487. The first-order valence-electron chi connectivity index (χ1n) is 6.04. The van der Waals surface area contributed by atoms with E-state index in [1.54, 1.807) is 0 Å². The molecule has 0 radical (unpaired) electrons. The van der Waals surface area contributed by atoms with Crippen LogP contribution in [-0.2, 0) is 15.7 Å². The lowest BCUT2D eigenvalue weighted by Crippen LogP contribution is -2.43. The first-order valence-corrected chi connectivity index (χ1v) is 6.04. The number of aromatic nitrogens is 2. The number of carbonyl (C=O) groups excluding carboxylic acids is 1. The third-order valence-electron chi connectivity index (χ3n) is 2.44. The Labute approximate surface area is 114 Å². The van der Waals surface area contributed by atoms with Gasteiger partial charge in [0, 0.05) is 5.41 Å². The van der Waals surface area contributed by atoms with Crippen molar-refractivity contribution in [2.75, 3.05) is 0 Å². The molecule has 0 saturated carbocycles. The van der Waals surface area contributed by atoms with E-state index in [9.17, 15) is 18.0 Å². The smallest absolute Gasteiger partial charge is 0.344 e. The van der Waals surface area contributed by atoms with Crippen LogP contribution >= 0.6 is 0 Å². The molecule has 1 heterocycles. The Balaban J connectivity index is 2.84. The fraction of sp³-hybridized carbons (Fsp3) is 0.750. The van der Waals surface area contributed by atoms with Gasteiger partial charge in [0.2, 0.25) is 11.8 Å². The molecule has 0 spiro atoms. The van der Waals surface area contributed by atoms with Gasteiger partial charge in [-0.15, -0.1) is 0 Å². The highest BCUT2D eigenvalue weighted by Crippen LogP contribution is 2.25. The van der Waals surface area contributed by atoms with Crippen molar-refractivity contribution in [2.24, 2.45) is 0 Å². The molecule has 0 unspecified atom stereocenters.